The molecule has 0 fully saturated rings. The SMILES string of the molecule is [2H]C([2H])([2H])c1ccc([Si](C)(c2ccccc2)c2ccc(C([2H])([2H])[2H])c(-c3cccc4c3Oc3ccccc3C4(C)C)c2)cc1-c1cccc2c1Oc1ccccc1C2(C)C. The number of rotatable bonds is 5. The van der Waals surface area contributed by atoms with E-state index in [9.17, 15) is 0 Å². The fourth-order valence-electron chi connectivity index (χ4n) is 8.78. The summed E-state index contributed by atoms with van der Waals surface area (Å²) in [4.78, 5) is 0. The number of hydrogen-bond donors (Lipinski definition) is 0. The number of aryl methyl sites for hydroxylation is 2. The summed E-state index contributed by atoms with van der Waals surface area (Å²) in [6.45, 7) is 6.11. The summed E-state index contributed by atoms with van der Waals surface area (Å²) in [5.74, 6) is 2.79. The van der Waals surface area contributed by atoms with Gasteiger partial charge >= 0.3 is 0 Å². The van der Waals surface area contributed by atoms with E-state index in [2.05, 4.69) is 82.8 Å². The Morgan fingerprint density at radius 2 is 0.852 bits per heavy atom. The maximum Gasteiger partial charge on any atom is 0.145 e. The van der Waals surface area contributed by atoms with Crippen molar-refractivity contribution in [2.24, 2.45) is 0 Å². The highest BCUT2D eigenvalue weighted by Gasteiger charge is 2.39. The third-order valence-electron chi connectivity index (χ3n) is 12.0. The molecule has 0 bridgehead atoms. The molecule has 54 heavy (non-hydrogen) atoms. The van der Waals surface area contributed by atoms with E-state index < -0.39 is 32.6 Å². The first-order valence-electron chi connectivity index (χ1n) is 21.6. The van der Waals surface area contributed by atoms with Crippen molar-refractivity contribution < 1.29 is 17.7 Å². The minimum absolute atomic E-state index is 0.235. The van der Waals surface area contributed by atoms with Crippen LogP contribution >= 0.6 is 0 Å². The van der Waals surface area contributed by atoms with Crippen molar-refractivity contribution in [1.29, 1.82) is 0 Å². The van der Waals surface area contributed by atoms with Crippen LogP contribution in [0.3, 0.4) is 0 Å². The van der Waals surface area contributed by atoms with Crippen molar-refractivity contribution in [3.05, 3.63) is 185 Å². The van der Waals surface area contributed by atoms with Gasteiger partial charge in [-0.25, -0.2) is 0 Å². The molecule has 0 atom stereocenters. The van der Waals surface area contributed by atoms with Crippen molar-refractivity contribution >= 4 is 23.6 Å². The van der Waals surface area contributed by atoms with Gasteiger partial charge in [0.2, 0.25) is 0 Å². The molecule has 0 saturated carbocycles. The first-order chi connectivity index (χ1) is 28.4. The molecule has 7 aromatic rings. The highest BCUT2D eigenvalue weighted by Crippen LogP contribution is 2.53. The Morgan fingerprint density at radius 3 is 1.31 bits per heavy atom. The second kappa shape index (κ2) is 12.5. The van der Waals surface area contributed by atoms with Crippen LogP contribution in [0.15, 0.2) is 152 Å². The van der Waals surface area contributed by atoms with Crippen molar-refractivity contribution in [2.75, 3.05) is 0 Å². The Hall–Kier alpha value is -5.64. The summed E-state index contributed by atoms with van der Waals surface area (Å²) < 4.78 is 65.9. The van der Waals surface area contributed by atoms with E-state index in [0.29, 0.717) is 33.8 Å². The molecule has 266 valence electrons. The van der Waals surface area contributed by atoms with Crippen LogP contribution in [-0.2, 0) is 10.8 Å². The van der Waals surface area contributed by atoms with E-state index in [1.165, 1.54) is 0 Å². The van der Waals surface area contributed by atoms with Crippen LogP contribution in [0.2, 0.25) is 6.55 Å². The third kappa shape index (κ3) is 5.13. The Labute approximate surface area is 329 Å². The molecule has 0 aromatic heterocycles. The second-order valence-corrected chi connectivity index (χ2v) is 19.8. The standard InChI is InChI=1S/C51H46O2Si/c1-33-27-29-36(31-40(33)38-19-15-23-44-48(38)52-46-25-13-11-21-42(46)50(44,3)4)54(7,35-17-9-8-10-18-35)37-30-28-34(2)41(32-37)39-20-16-24-45-49(39)53-47-26-14-12-22-43(47)51(45,5)6/h8-32H,1-7H3/i1D3,2D3. The molecule has 7 aromatic carbocycles. The lowest BCUT2D eigenvalue weighted by Crippen LogP contribution is -2.64. The Balaban J connectivity index is 1.29. The Morgan fingerprint density at radius 1 is 0.426 bits per heavy atom. The van der Waals surface area contributed by atoms with Gasteiger partial charge in [0, 0.05) is 52.4 Å². The lowest BCUT2D eigenvalue weighted by atomic mass is 9.74. The molecule has 0 N–H and O–H groups in total. The first kappa shape index (κ1) is 27.9. The normalized spacial score (nSPS) is 16.9. The van der Waals surface area contributed by atoms with Gasteiger partial charge in [-0.2, -0.15) is 0 Å². The predicted octanol–water partition coefficient (Wildman–Crippen LogP) is 11.6. The summed E-state index contributed by atoms with van der Waals surface area (Å²) in [6, 6.07) is 49.9. The summed E-state index contributed by atoms with van der Waals surface area (Å²) in [7, 11) is -3.06. The molecule has 0 spiro atoms. The van der Waals surface area contributed by atoms with Crippen LogP contribution in [0.1, 0.15) is 69.3 Å². The fourth-order valence-corrected chi connectivity index (χ4v) is 12.3. The van der Waals surface area contributed by atoms with Crippen LogP contribution < -0.4 is 25.0 Å². The molecular weight excluding hydrogens is 673 g/mol. The van der Waals surface area contributed by atoms with E-state index in [1.54, 1.807) is 12.1 Å². The molecule has 2 aliphatic heterocycles. The number of hydrogen-bond acceptors (Lipinski definition) is 2. The van der Waals surface area contributed by atoms with Gasteiger partial charge in [-0.05, 0) is 63.7 Å². The average molecular weight is 725 g/mol. The molecule has 0 unspecified atom stereocenters. The topological polar surface area (TPSA) is 18.5 Å². The maximum atomic E-state index is 8.75. The van der Waals surface area contributed by atoms with E-state index in [0.717, 1.165) is 49.3 Å². The van der Waals surface area contributed by atoms with Gasteiger partial charge in [0.15, 0.2) is 0 Å². The molecule has 2 aliphatic rings. The van der Waals surface area contributed by atoms with Crippen LogP contribution in [0.4, 0.5) is 0 Å². The quantitative estimate of drug-likeness (QED) is 0.130. The highest BCUT2D eigenvalue weighted by atomic mass is 28.3. The molecule has 2 heterocycles. The van der Waals surface area contributed by atoms with Gasteiger partial charge in [0.25, 0.3) is 0 Å². The molecule has 3 heteroatoms. The van der Waals surface area contributed by atoms with Crippen LogP contribution in [-0.4, -0.2) is 8.07 Å². The predicted molar refractivity (Wildman–Crippen MR) is 227 cm³/mol. The first-order valence-corrected chi connectivity index (χ1v) is 21.1. The van der Waals surface area contributed by atoms with Crippen molar-refractivity contribution in [1.82, 2.24) is 0 Å². The van der Waals surface area contributed by atoms with Crippen LogP contribution in [0.5, 0.6) is 23.0 Å². The molecule has 2 nitrogen and oxygen atoms in total. The average Bonchev–Trinajstić information content (AvgIpc) is 3.22. The number of ether oxygens (including phenoxy) is 2. The van der Waals surface area contributed by atoms with E-state index >= 15 is 0 Å². The lowest BCUT2D eigenvalue weighted by Gasteiger charge is -2.36. The van der Waals surface area contributed by atoms with E-state index in [4.69, 9.17) is 17.7 Å². The maximum absolute atomic E-state index is 8.75. The minimum Gasteiger partial charge on any atom is -0.456 e. The third-order valence-corrected chi connectivity index (χ3v) is 16.5. The molecule has 0 radical (unpaired) electrons. The van der Waals surface area contributed by atoms with E-state index in [-0.39, 0.29) is 11.1 Å². The number of fused-ring (bicyclic) bond motifs is 4. The zero-order valence-electron chi connectivity index (χ0n) is 37.3. The largest absolute Gasteiger partial charge is 0.456 e. The summed E-state index contributed by atoms with van der Waals surface area (Å²) in [5, 5.41) is 3.03. The summed E-state index contributed by atoms with van der Waals surface area (Å²) in [5.41, 5.74) is 6.35. The summed E-state index contributed by atoms with van der Waals surface area (Å²) in [6.07, 6.45) is 0. The van der Waals surface area contributed by atoms with Crippen molar-refractivity contribution in [2.45, 2.75) is 58.8 Å². The number of para-hydroxylation sites is 4. The van der Waals surface area contributed by atoms with Gasteiger partial charge in [-0.1, -0.05) is 174 Å². The molecule has 9 rings (SSSR count). The Bertz CT molecular complexity index is 2650. The van der Waals surface area contributed by atoms with Gasteiger partial charge in [0.1, 0.15) is 31.1 Å². The zero-order valence-corrected chi connectivity index (χ0v) is 32.3. The molecule has 0 aliphatic carbocycles. The Kier molecular flexibility index (Phi) is 6.44. The zero-order chi connectivity index (χ0) is 42.4. The van der Waals surface area contributed by atoms with Crippen LogP contribution in [0, 0.1) is 13.7 Å². The van der Waals surface area contributed by atoms with Gasteiger partial charge in [-0.15, -0.1) is 0 Å². The minimum atomic E-state index is -3.06. The van der Waals surface area contributed by atoms with Gasteiger partial charge < -0.3 is 9.47 Å². The van der Waals surface area contributed by atoms with Gasteiger partial charge in [0.05, 0.1) is 0 Å². The monoisotopic (exact) mass is 724 g/mol. The molecule has 0 amide bonds. The number of benzene rings is 7. The highest BCUT2D eigenvalue weighted by molar-refractivity contribution is 7.10. The fraction of sp³-hybridized carbons (Fsp3) is 0.176. The lowest BCUT2D eigenvalue weighted by molar-refractivity contribution is 0.419. The van der Waals surface area contributed by atoms with Gasteiger partial charge in [-0.3, -0.25) is 0 Å². The van der Waals surface area contributed by atoms with E-state index in [1.807, 2.05) is 91.0 Å². The van der Waals surface area contributed by atoms with Crippen molar-refractivity contribution in [3.63, 3.8) is 0 Å². The second-order valence-electron chi connectivity index (χ2n) is 15.8. The molecular formula is C51H46O2Si. The summed E-state index contributed by atoms with van der Waals surface area (Å²) >= 11 is 0. The van der Waals surface area contributed by atoms with Crippen molar-refractivity contribution in [3.8, 4) is 45.3 Å². The molecule has 0 saturated heterocycles. The van der Waals surface area contributed by atoms with Crippen LogP contribution in [0.25, 0.3) is 22.3 Å². The smallest absolute Gasteiger partial charge is 0.145 e.